The molecule has 0 aliphatic heterocycles. The smallest absolute Gasteiger partial charge is 0.159 e. The number of hydrogen-bond acceptors (Lipinski definition) is 5. The number of hydrogen-bond donors (Lipinski definition) is 2. The molecule has 0 bridgehead atoms. The average molecular weight is 379 g/mol. The maximum atomic E-state index is 13.3. The summed E-state index contributed by atoms with van der Waals surface area (Å²) in [5.41, 5.74) is 9.15. The molecule has 3 heterocycles. The molecular weight excluding hydrogens is 361 g/mol. The van der Waals surface area contributed by atoms with Crippen LogP contribution in [0, 0.1) is 19.7 Å². The first-order valence-electron chi connectivity index (χ1n) is 8.48. The molecule has 5 nitrogen and oxygen atoms in total. The van der Waals surface area contributed by atoms with Gasteiger partial charge >= 0.3 is 0 Å². The number of anilines is 1. The zero-order valence-corrected chi connectivity index (χ0v) is 16.0. The molecule has 0 fully saturated rings. The van der Waals surface area contributed by atoms with Crippen molar-refractivity contribution in [3.8, 4) is 11.1 Å². The van der Waals surface area contributed by atoms with E-state index in [2.05, 4.69) is 25.5 Å². The van der Waals surface area contributed by atoms with Crippen LogP contribution in [0.1, 0.15) is 23.7 Å². The van der Waals surface area contributed by atoms with Crippen LogP contribution < -0.4 is 5.43 Å². The van der Waals surface area contributed by atoms with E-state index in [0.717, 1.165) is 43.9 Å². The molecule has 1 aromatic carbocycles. The van der Waals surface area contributed by atoms with Crippen LogP contribution in [0.25, 0.3) is 21.3 Å². The molecule has 27 heavy (non-hydrogen) atoms. The lowest BCUT2D eigenvalue weighted by atomic mass is 10.1. The van der Waals surface area contributed by atoms with E-state index in [9.17, 15) is 4.39 Å². The fourth-order valence-corrected chi connectivity index (χ4v) is 4.12. The third-order valence-corrected chi connectivity index (χ3v) is 5.38. The van der Waals surface area contributed by atoms with Crippen molar-refractivity contribution in [1.29, 1.82) is 0 Å². The standard InChI is InChI=1S/C20H18FN5S/c1-11-8-22-12(2)17(11)13(3)25-26-19-18-16(9-27-20(18)24-10-23-19)14-4-6-15(21)7-5-14/h4-10,22H,1-3H3,(H,23,24,26)/b25-13+. The summed E-state index contributed by atoms with van der Waals surface area (Å²) in [6.45, 7) is 6.03. The molecule has 3 aromatic heterocycles. The molecule has 0 amide bonds. The largest absolute Gasteiger partial charge is 0.364 e. The molecule has 0 atom stereocenters. The predicted molar refractivity (Wildman–Crippen MR) is 109 cm³/mol. The van der Waals surface area contributed by atoms with Gasteiger partial charge in [-0.25, -0.2) is 14.4 Å². The molecule has 2 N–H and O–H groups in total. The van der Waals surface area contributed by atoms with E-state index in [4.69, 9.17) is 0 Å². The van der Waals surface area contributed by atoms with Crippen LogP contribution in [-0.2, 0) is 0 Å². The van der Waals surface area contributed by atoms with Crippen LogP contribution in [0.5, 0.6) is 0 Å². The quantitative estimate of drug-likeness (QED) is 0.374. The normalized spacial score (nSPS) is 11.9. The van der Waals surface area contributed by atoms with Crippen molar-refractivity contribution < 1.29 is 4.39 Å². The highest BCUT2D eigenvalue weighted by atomic mass is 32.1. The Morgan fingerprint density at radius 3 is 2.67 bits per heavy atom. The van der Waals surface area contributed by atoms with E-state index in [1.54, 1.807) is 12.1 Å². The van der Waals surface area contributed by atoms with Gasteiger partial charge in [0.05, 0.1) is 11.1 Å². The second-order valence-corrected chi connectivity index (χ2v) is 7.20. The highest BCUT2D eigenvalue weighted by molar-refractivity contribution is 7.17. The molecule has 0 spiro atoms. The van der Waals surface area contributed by atoms with E-state index in [0.29, 0.717) is 5.82 Å². The number of thiophene rings is 1. The Balaban J connectivity index is 1.75. The van der Waals surface area contributed by atoms with Gasteiger partial charge < -0.3 is 4.98 Å². The summed E-state index contributed by atoms with van der Waals surface area (Å²) in [5.74, 6) is 0.371. The first-order valence-corrected chi connectivity index (χ1v) is 9.36. The molecule has 4 aromatic rings. The summed E-state index contributed by atoms with van der Waals surface area (Å²) >= 11 is 1.53. The number of H-pyrrole nitrogens is 1. The number of fused-ring (bicyclic) bond motifs is 1. The fourth-order valence-electron chi connectivity index (χ4n) is 3.21. The molecule has 4 rings (SSSR count). The molecule has 0 aliphatic rings. The summed E-state index contributed by atoms with van der Waals surface area (Å²) in [5, 5.41) is 7.43. The lowest BCUT2D eigenvalue weighted by Gasteiger charge is -2.07. The number of aromatic nitrogens is 3. The highest BCUT2D eigenvalue weighted by Crippen LogP contribution is 2.36. The zero-order valence-electron chi connectivity index (χ0n) is 15.2. The third kappa shape index (κ3) is 3.21. The minimum Gasteiger partial charge on any atom is -0.364 e. The van der Waals surface area contributed by atoms with E-state index in [-0.39, 0.29) is 5.82 Å². The van der Waals surface area contributed by atoms with E-state index in [1.807, 2.05) is 32.3 Å². The number of nitrogens with one attached hydrogen (secondary N) is 2. The topological polar surface area (TPSA) is 66.0 Å². The van der Waals surface area contributed by atoms with Crippen molar-refractivity contribution in [2.24, 2.45) is 5.10 Å². The SMILES string of the molecule is C/C(=N\Nc1ncnc2scc(-c3ccc(F)cc3)c12)c1c(C)c[nH]c1C. The molecule has 0 unspecified atom stereocenters. The maximum absolute atomic E-state index is 13.3. The summed E-state index contributed by atoms with van der Waals surface area (Å²) in [6, 6.07) is 6.42. The van der Waals surface area contributed by atoms with Crippen molar-refractivity contribution in [2.75, 3.05) is 5.43 Å². The second kappa shape index (κ2) is 6.92. The van der Waals surface area contributed by atoms with Crippen molar-refractivity contribution in [1.82, 2.24) is 15.0 Å². The van der Waals surface area contributed by atoms with Crippen molar-refractivity contribution >= 4 is 33.1 Å². The van der Waals surface area contributed by atoms with Crippen LogP contribution in [0.3, 0.4) is 0 Å². The van der Waals surface area contributed by atoms with Gasteiger partial charge in [0.25, 0.3) is 0 Å². The van der Waals surface area contributed by atoms with Crippen molar-refractivity contribution in [3.05, 3.63) is 64.8 Å². The van der Waals surface area contributed by atoms with E-state index >= 15 is 0 Å². The van der Waals surface area contributed by atoms with Crippen LogP contribution >= 0.6 is 11.3 Å². The maximum Gasteiger partial charge on any atom is 0.159 e. The highest BCUT2D eigenvalue weighted by Gasteiger charge is 2.14. The van der Waals surface area contributed by atoms with Crippen LogP contribution in [0.4, 0.5) is 10.2 Å². The van der Waals surface area contributed by atoms with Gasteiger partial charge in [0, 0.05) is 28.4 Å². The van der Waals surface area contributed by atoms with Gasteiger partial charge in [-0.2, -0.15) is 5.10 Å². The number of rotatable bonds is 4. The van der Waals surface area contributed by atoms with E-state index < -0.39 is 0 Å². The summed E-state index contributed by atoms with van der Waals surface area (Å²) < 4.78 is 13.3. The van der Waals surface area contributed by atoms with Crippen LogP contribution in [-0.4, -0.2) is 20.7 Å². The minimum absolute atomic E-state index is 0.259. The van der Waals surface area contributed by atoms with Crippen molar-refractivity contribution in [2.45, 2.75) is 20.8 Å². The second-order valence-electron chi connectivity index (χ2n) is 6.34. The number of hydrazone groups is 1. The van der Waals surface area contributed by atoms with E-state index in [1.165, 1.54) is 29.8 Å². The zero-order chi connectivity index (χ0) is 19.0. The van der Waals surface area contributed by atoms with Gasteiger partial charge in [-0.15, -0.1) is 11.3 Å². The van der Waals surface area contributed by atoms with Gasteiger partial charge in [0.15, 0.2) is 5.82 Å². The Morgan fingerprint density at radius 2 is 1.96 bits per heavy atom. The van der Waals surface area contributed by atoms with Crippen molar-refractivity contribution in [3.63, 3.8) is 0 Å². The number of nitrogens with zero attached hydrogens (tertiary/aromatic N) is 3. The van der Waals surface area contributed by atoms with Gasteiger partial charge in [-0.05, 0) is 44.0 Å². The number of aromatic amines is 1. The van der Waals surface area contributed by atoms with Crippen LogP contribution in [0.15, 0.2) is 47.3 Å². The molecule has 0 aliphatic carbocycles. The molecule has 0 saturated heterocycles. The Morgan fingerprint density at radius 1 is 1.19 bits per heavy atom. The lowest BCUT2D eigenvalue weighted by Crippen LogP contribution is -2.03. The van der Waals surface area contributed by atoms with Gasteiger partial charge in [0.1, 0.15) is 17.0 Å². The lowest BCUT2D eigenvalue weighted by molar-refractivity contribution is 0.628. The molecule has 7 heteroatoms. The number of aryl methyl sites for hydroxylation is 2. The Bertz CT molecular complexity index is 1120. The van der Waals surface area contributed by atoms with Gasteiger partial charge in [-0.1, -0.05) is 12.1 Å². The summed E-state index contributed by atoms with van der Waals surface area (Å²) in [6.07, 6.45) is 3.49. The molecule has 0 radical (unpaired) electrons. The first kappa shape index (κ1) is 17.4. The fraction of sp³-hybridized carbons (Fsp3) is 0.150. The number of halogens is 1. The van der Waals surface area contributed by atoms with Crippen LogP contribution in [0.2, 0.25) is 0 Å². The predicted octanol–water partition coefficient (Wildman–Crippen LogP) is 5.28. The van der Waals surface area contributed by atoms with Gasteiger partial charge in [-0.3, -0.25) is 5.43 Å². The first-order chi connectivity index (χ1) is 13.0. The molecular formula is C20H18FN5S. The Kier molecular flexibility index (Phi) is 4.45. The summed E-state index contributed by atoms with van der Waals surface area (Å²) in [4.78, 5) is 12.8. The Hall–Kier alpha value is -3.06. The summed E-state index contributed by atoms with van der Waals surface area (Å²) in [7, 11) is 0. The minimum atomic E-state index is -0.259. The Labute approximate surface area is 160 Å². The number of benzene rings is 1. The molecule has 0 saturated carbocycles. The average Bonchev–Trinajstić information content (AvgIpc) is 3.24. The van der Waals surface area contributed by atoms with Gasteiger partial charge in [0.2, 0.25) is 0 Å². The third-order valence-electron chi connectivity index (χ3n) is 4.49. The molecule has 136 valence electrons. The monoisotopic (exact) mass is 379 g/mol.